The van der Waals surface area contributed by atoms with E-state index in [0.29, 0.717) is 19.4 Å². The Hall–Kier alpha value is -0.570. The largest absolute Gasteiger partial charge is 0.393 e. The van der Waals surface area contributed by atoms with Gasteiger partial charge in [-0.25, -0.2) is 0 Å². The second-order valence-corrected chi connectivity index (χ2v) is 3.93. The first-order valence-corrected chi connectivity index (χ1v) is 5.14. The summed E-state index contributed by atoms with van der Waals surface area (Å²) in [7, 11) is 0. The van der Waals surface area contributed by atoms with Crippen molar-refractivity contribution in [1.82, 2.24) is 0 Å². The van der Waals surface area contributed by atoms with Gasteiger partial charge in [0, 0.05) is 5.02 Å². The van der Waals surface area contributed by atoms with E-state index in [0.717, 1.165) is 16.1 Å². The third kappa shape index (κ3) is 3.29. The van der Waals surface area contributed by atoms with Crippen molar-refractivity contribution < 1.29 is 5.11 Å². The van der Waals surface area contributed by atoms with Crippen molar-refractivity contribution in [2.24, 2.45) is 5.73 Å². The van der Waals surface area contributed by atoms with Gasteiger partial charge in [0.25, 0.3) is 0 Å². The topological polar surface area (TPSA) is 46.2 Å². The quantitative estimate of drug-likeness (QED) is 0.803. The van der Waals surface area contributed by atoms with E-state index in [-0.39, 0.29) is 6.10 Å². The minimum Gasteiger partial charge on any atom is -0.393 e. The van der Waals surface area contributed by atoms with E-state index in [4.69, 9.17) is 17.3 Å². The molecule has 0 aromatic heterocycles. The zero-order valence-electron chi connectivity index (χ0n) is 8.33. The molecule has 0 saturated heterocycles. The Labute approximate surface area is 89.7 Å². The molecule has 0 bridgehead atoms. The lowest BCUT2D eigenvalue weighted by molar-refractivity contribution is 0.167. The molecule has 0 amide bonds. The Morgan fingerprint density at radius 2 is 2.21 bits per heavy atom. The van der Waals surface area contributed by atoms with Crippen molar-refractivity contribution in [3.05, 3.63) is 34.3 Å². The first kappa shape index (κ1) is 11.5. The smallest absolute Gasteiger partial charge is 0.0592 e. The fourth-order valence-electron chi connectivity index (χ4n) is 1.33. The summed E-state index contributed by atoms with van der Waals surface area (Å²) < 4.78 is 0. The molecule has 2 nitrogen and oxygen atoms in total. The lowest BCUT2D eigenvalue weighted by Gasteiger charge is -2.09. The van der Waals surface area contributed by atoms with Crippen LogP contribution in [-0.4, -0.2) is 17.8 Å². The summed E-state index contributed by atoms with van der Waals surface area (Å²) in [5, 5.41) is 10.3. The van der Waals surface area contributed by atoms with Crippen LogP contribution in [0, 0.1) is 6.92 Å². The number of benzene rings is 1. The van der Waals surface area contributed by atoms with E-state index in [2.05, 4.69) is 0 Å². The van der Waals surface area contributed by atoms with Crippen molar-refractivity contribution in [3.63, 3.8) is 0 Å². The van der Waals surface area contributed by atoms with Crippen LogP contribution in [0.4, 0.5) is 0 Å². The number of hydrogen-bond donors (Lipinski definition) is 2. The highest BCUT2D eigenvalue weighted by atomic mass is 35.5. The van der Waals surface area contributed by atoms with Gasteiger partial charge < -0.3 is 10.8 Å². The maximum atomic E-state index is 9.54. The van der Waals surface area contributed by atoms with Crippen molar-refractivity contribution in [2.75, 3.05) is 6.54 Å². The molecule has 1 aromatic rings. The summed E-state index contributed by atoms with van der Waals surface area (Å²) in [4.78, 5) is 0. The van der Waals surface area contributed by atoms with Gasteiger partial charge >= 0.3 is 0 Å². The third-order valence-corrected chi connectivity index (χ3v) is 2.61. The zero-order valence-corrected chi connectivity index (χ0v) is 9.09. The van der Waals surface area contributed by atoms with Gasteiger partial charge in [-0.1, -0.05) is 23.7 Å². The Bertz CT molecular complexity index is 301. The maximum Gasteiger partial charge on any atom is 0.0592 e. The second-order valence-electron chi connectivity index (χ2n) is 3.52. The van der Waals surface area contributed by atoms with Crippen LogP contribution in [0.2, 0.25) is 5.02 Å². The van der Waals surface area contributed by atoms with Crippen LogP contribution < -0.4 is 5.73 Å². The fourth-order valence-corrected chi connectivity index (χ4v) is 1.53. The van der Waals surface area contributed by atoms with Gasteiger partial charge in [-0.2, -0.15) is 0 Å². The summed E-state index contributed by atoms with van der Waals surface area (Å²) in [5.74, 6) is 0. The second kappa shape index (κ2) is 5.35. The molecule has 1 unspecified atom stereocenters. The van der Waals surface area contributed by atoms with E-state index in [1.165, 1.54) is 0 Å². The number of aliphatic hydroxyl groups excluding tert-OH is 1. The fraction of sp³-hybridized carbons (Fsp3) is 0.455. The highest BCUT2D eigenvalue weighted by Gasteiger charge is 2.05. The molecule has 0 aliphatic carbocycles. The summed E-state index contributed by atoms with van der Waals surface area (Å²) in [5.41, 5.74) is 7.47. The Morgan fingerprint density at radius 3 is 2.79 bits per heavy atom. The molecule has 0 aliphatic rings. The Morgan fingerprint density at radius 1 is 1.50 bits per heavy atom. The number of hydrogen-bond acceptors (Lipinski definition) is 2. The van der Waals surface area contributed by atoms with Gasteiger partial charge in [-0.3, -0.25) is 0 Å². The monoisotopic (exact) mass is 213 g/mol. The van der Waals surface area contributed by atoms with E-state index >= 15 is 0 Å². The molecule has 78 valence electrons. The Balaban J connectivity index is 2.63. The van der Waals surface area contributed by atoms with Gasteiger partial charge in [0.05, 0.1) is 6.10 Å². The SMILES string of the molecule is Cc1ccc(CC(O)CCN)cc1Cl. The third-order valence-electron chi connectivity index (χ3n) is 2.21. The first-order valence-electron chi connectivity index (χ1n) is 4.76. The summed E-state index contributed by atoms with van der Waals surface area (Å²) in [6.07, 6.45) is 0.890. The number of rotatable bonds is 4. The van der Waals surface area contributed by atoms with Crippen LogP contribution >= 0.6 is 11.6 Å². The molecular formula is C11H16ClNO. The van der Waals surface area contributed by atoms with E-state index in [1.807, 2.05) is 25.1 Å². The minimum atomic E-state index is -0.362. The van der Waals surface area contributed by atoms with Gasteiger partial charge in [-0.15, -0.1) is 0 Å². The predicted octanol–water partition coefficient (Wildman–Crippen LogP) is 1.90. The number of aryl methyl sites for hydroxylation is 1. The molecule has 3 N–H and O–H groups in total. The molecule has 0 radical (unpaired) electrons. The molecule has 1 aromatic carbocycles. The summed E-state index contributed by atoms with van der Waals surface area (Å²) in [6.45, 7) is 2.48. The van der Waals surface area contributed by atoms with Crippen LogP contribution in [0.15, 0.2) is 18.2 Å². The lowest BCUT2D eigenvalue weighted by Crippen LogP contribution is -2.15. The molecule has 0 saturated carbocycles. The predicted molar refractivity (Wildman–Crippen MR) is 59.6 cm³/mol. The molecule has 1 atom stereocenters. The van der Waals surface area contributed by atoms with Crippen molar-refractivity contribution in [3.8, 4) is 0 Å². The van der Waals surface area contributed by atoms with Crippen LogP contribution in [0.1, 0.15) is 17.5 Å². The molecule has 0 spiro atoms. The highest BCUT2D eigenvalue weighted by Crippen LogP contribution is 2.17. The van der Waals surface area contributed by atoms with Crippen LogP contribution in [-0.2, 0) is 6.42 Å². The van der Waals surface area contributed by atoms with Crippen LogP contribution in [0.5, 0.6) is 0 Å². The van der Waals surface area contributed by atoms with Crippen LogP contribution in [0.25, 0.3) is 0 Å². The standard InChI is InChI=1S/C11H16ClNO/c1-8-2-3-9(7-11(8)12)6-10(14)4-5-13/h2-3,7,10,14H,4-6,13H2,1H3. The normalized spacial score (nSPS) is 12.9. The van der Waals surface area contributed by atoms with Gasteiger partial charge in [-0.05, 0) is 43.5 Å². The van der Waals surface area contributed by atoms with Crippen LogP contribution in [0.3, 0.4) is 0 Å². The molecule has 0 aliphatic heterocycles. The molecule has 0 fully saturated rings. The van der Waals surface area contributed by atoms with Crippen molar-refractivity contribution in [1.29, 1.82) is 0 Å². The van der Waals surface area contributed by atoms with Crippen molar-refractivity contribution in [2.45, 2.75) is 25.9 Å². The molecular weight excluding hydrogens is 198 g/mol. The average molecular weight is 214 g/mol. The zero-order chi connectivity index (χ0) is 10.6. The highest BCUT2D eigenvalue weighted by molar-refractivity contribution is 6.31. The van der Waals surface area contributed by atoms with Gasteiger partial charge in [0.2, 0.25) is 0 Å². The molecule has 3 heteroatoms. The van der Waals surface area contributed by atoms with E-state index in [1.54, 1.807) is 0 Å². The van der Waals surface area contributed by atoms with Gasteiger partial charge in [0.1, 0.15) is 0 Å². The average Bonchev–Trinajstić information content (AvgIpc) is 2.12. The number of aliphatic hydroxyl groups is 1. The lowest BCUT2D eigenvalue weighted by atomic mass is 10.0. The van der Waals surface area contributed by atoms with E-state index in [9.17, 15) is 5.11 Å². The number of nitrogens with two attached hydrogens (primary N) is 1. The molecule has 14 heavy (non-hydrogen) atoms. The Kier molecular flexibility index (Phi) is 4.39. The molecule has 1 rings (SSSR count). The van der Waals surface area contributed by atoms with Gasteiger partial charge in [0.15, 0.2) is 0 Å². The van der Waals surface area contributed by atoms with E-state index < -0.39 is 0 Å². The molecule has 0 heterocycles. The number of halogens is 1. The first-order chi connectivity index (χ1) is 6.63. The summed E-state index contributed by atoms with van der Waals surface area (Å²) in [6, 6.07) is 5.85. The summed E-state index contributed by atoms with van der Waals surface area (Å²) >= 11 is 5.97. The minimum absolute atomic E-state index is 0.362. The van der Waals surface area contributed by atoms with Crippen molar-refractivity contribution >= 4 is 11.6 Å². The maximum absolute atomic E-state index is 9.54.